The highest BCUT2D eigenvalue weighted by molar-refractivity contribution is 7.17. The van der Waals surface area contributed by atoms with Crippen molar-refractivity contribution in [1.82, 2.24) is 19.3 Å². The molecule has 0 atom stereocenters. The fraction of sp³-hybridized carbons (Fsp3) is 0.167. The summed E-state index contributed by atoms with van der Waals surface area (Å²) in [6.45, 7) is 4.47. The Morgan fingerprint density at radius 2 is 1.79 bits per heavy atom. The Bertz CT molecular complexity index is 1540. The van der Waals surface area contributed by atoms with Gasteiger partial charge in [0.1, 0.15) is 17.0 Å². The Kier molecular flexibility index (Phi) is 5.39. The fourth-order valence-electron chi connectivity index (χ4n) is 3.60. The molecule has 0 spiro atoms. The third kappa shape index (κ3) is 3.87. The largest absolute Gasteiger partial charge is 0.494 e. The molecule has 0 aliphatic carbocycles. The SMILES string of the molecule is CCOc1ccc(-n2c(=O)c3sccc3n(Cc3nc(-c4ccc(C)cc4)no3)c2=O)cc1. The summed E-state index contributed by atoms with van der Waals surface area (Å²) >= 11 is 1.29. The van der Waals surface area contributed by atoms with E-state index in [1.54, 1.807) is 35.7 Å². The minimum Gasteiger partial charge on any atom is -0.494 e. The van der Waals surface area contributed by atoms with Crippen molar-refractivity contribution in [3.63, 3.8) is 0 Å². The van der Waals surface area contributed by atoms with E-state index in [0.717, 1.165) is 15.7 Å². The summed E-state index contributed by atoms with van der Waals surface area (Å²) in [7, 11) is 0. The predicted molar refractivity (Wildman–Crippen MR) is 126 cm³/mol. The number of fused-ring (bicyclic) bond motifs is 1. The number of hydrogen-bond acceptors (Lipinski definition) is 7. The minimum absolute atomic E-state index is 0.0439. The van der Waals surface area contributed by atoms with E-state index < -0.39 is 5.69 Å². The van der Waals surface area contributed by atoms with Gasteiger partial charge in [0.15, 0.2) is 0 Å². The second kappa shape index (κ2) is 8.51. The molecule has 166 valence electrons. The van der Waals surface area contributed by atoms with Gasteiger partial charge in [-0.2, -0.15) is 4.98 Å². The Morgan fingerprint density at radius 3 is 2.52 bits per heavy atom. The van der Waals surface area contributed by atoms with E-state index in [2.05, 4.69) is 10.1 Å². The summed E-state index contributed by atoms with van der Waals surface area (Å²) in [6.07, 6.45) is 0. The quantitative estimate of drug-likeness (QED) is 0.380. The maximum atomic E-state index is 13.4. The summed E-state index contributed by atoms with van der Waals surface area (Å²) in [6, 6.07) is 16.4. The summed E-state index contributed by atoms with van der Waals surface area (Å²) < 4.78 is 14.0. The van der Waals surface area contributed by atoms with Gasteiger partial charge in [-0.05, 0) is 49.6 Å². The Hall–Kier alpha value is -3.98. The van der Waals surface area contributed by atoms with Crippen LogP contribution in [0.25, 0.3) is 27.3 Å². The molecule has 3 heterocycles. The first kappa shape index (κ1) is 20.9. The van der Waals surface area contributed by atoms with Gasteiger partial charge < -0.3 is 9.26 Å². The first-order valence-electron chi connectivity index (χ1n) is 10.4. The smallest absolute Gasteiger partial charge is 0.336 e. The molecule has 0 radical (unpaired) electrons. The van der Waals surface area contributed by atoms with Gasteiger partial charge in [0.25, 0.3) is 5.56 Å². The molecule has 5 rings (SSSR count). The number of ether oxygens (including phenoxy) is 1. The van der Waals surface area contributed by atoms with Crippen molar-refractivity contribution in [1.29, 1.82) is 0 Å². The van der Waals surface area contributed by atoms with Crippen LogP contribution in [0.3, 0.4) is 0 Å². The van der Waals surface area contributed by atoms with Crippen molar-refractivity contribution in [2.45, 2.75) is 20.4 Å². The van der Waals surface area contributed by atoms with Gasteiger partial charge >= 0.3 is 5.69 Å². The third-order valence-corrected chi connectivity index (χ3v) is 6.12. The van der Waals surface area contributed by atoms with Crippen LogP contribution in [0, 0.1) is 6.92 Å². The van der Waals surface area contributed by atoms with Crippen molar-refractivity contribution in [2.24, 2.45) is 0 Å². The molecule has 2 aromatic carbocycles. The molecule has 0 amide bonds. The van der Waals surface area contributed by atoms with Crippen LogP contribution in [0.5, 0.6) is 5.75 Å². The number of benzene rings is 2. The molecule has 0 bridgehead atoms. The lowest BCUT2D eigenvalue weighted by atomic mass is 10.1. The summed E-state index contributed by atoms with van der Waals surface area (Å²) in [5.74, 6) is 1.39. The van der Waals surface area contributed by atoms with Crippen LogP contribution < -0.4 is 16.0 Å². The molecule has 5 aromatic rings. The van der Waals surface area contributed by atoms with Crippen molar-refractivity contribution < 1.29 is 9.26 Å². The second-order valence-electron chi connectivity index (χ2n) is 7.45. The van der Waals surface area contributed by atoms with Crippen LogP contribution >= 0.6 is 11.3 Å². The summed E-state index contributed by atoms with van der Waals surface area (Å²) in [5.41, 5.74) is 2.10. The number of hydrogen-bond donors (Lipinski definition) is 0. The molecule has 0 unspecified atom stereocenters. The first-order chi connectivity index (χ1) is 16.0. The number of thiophene rings is 1. The van der Waals surface area contributed by atoms with Gasteiger partial charge in [0, 0.05) is 5.56 Å². The lowest BCUT2D eigenvalue weighted by Gasteiger charge is -2.11. The molecule has 0 fully saturated rings. The van der Waals surface area contributed by atoms with Crippen LogP contribution in [-0.4, -0.2) is 25.9 Å². The standard InChI is InChI=1S/C24H20N4O4S/c1-3-31-18-10-8-17(9-11-18)28-23(29)21-19(12-13-33-21)27(24(28)30)14-20-25-22(26-32-20)16-6-4-15(2)5-7-16/h4-13H,3,14H2,1-2H3. The highest BCUT2D eigenvalue weighted by Gasteiger charge is 2.18. The highest BCUT2D eigenvalue weighted by Crippen LogP contribution is 2.20. The normalized spacial score (nSPS) is 11.2. The molecule has 33 heavy (non-hydrogen) atoms. The van der Waals surface area contributed by atoms with Crippen molar-refractivity contribution in [3.05, 3.63) is 92.3 Å². The fourth-order valence-corrected chi connectivity index (χ4v) is 4.42. The Balaban J connectivity index is 1.58. The lowest BCUT2D eigenvalue weighted by Crippen LogP contribution is -2.38. The predicted octanol–water partition coefficient (Wildman–Crippen LogP) is 4.02. The van der Waals surface area contributed by atoms with E-state index in [4.69, 9.17) is 9.26 Å². The molecule has 0 saturated heterocycles. The average Bonchev–Trinajstić information content (AvgIpc) is 3.49. The van der Waals surface area contributed by atoms with Crippen molar-refractivity contribution in [2.75, 3.05) is 6.61 Å². The van der Waals surface area contributed by atoms with E-state index in [1.165, 1.54) is 15.9 Å². The molecule has 0 aliphatic rings. The van der Waals surface area contributed by atoms with Crippen LogP contribution in [0.1, 0.15) is 18.4 Å². The molecule has 0 N–H and O–H groups in total. The van der Waals surface area contributed by atoms with E-state index in [1.807, 2.05) is 38.1 Å². The van der Waals surface area contributed by atoms with E-state index in [0.29, 0.717) is 34.1 Å². The van der Waals surface area contributed by atoms with Crippen LogP contribution in [0.4, 0.5) is 0 Å². The van der Waals surface area contributed by atoms with E-state index in [9.17, 15) is 9.59 Å². The van der Waals surface area contributed by atoms with E-state index in [-0.39, 0.29) is 18.0 Å². The van der Waals surface area contributed by atoms with E-state index >= 15 is 0 Å². The number of nitrogens with zero attached hydrogens (tertiary/aromatic N) is 4. The van der Waals surface area contributed by atoms with Crippen LogP contribution in [0.15, 0.2) is 74.1 Å². The van der Waals surface area contributed by atoms with Crippen LogP contribution in [-0.2, 0) is 6.54 Å². The van der Waals surface area contributed by atoms with Crippen LogP contribution in [0.2, 0.25) is 0 Å². The Morgan fingerprint density at radius 1 is 1.03 bits per heavy atom. The molecule has 9 heteroatoms. The highest BCUT2D eigenvalue weighted by atomic mass is 32.1. The zero-order valence-corrected chi connectivity index (χ0v) is 18.8. The molecule has 0 aliphatic heterocycles. The Labute approximate surface area is 192 Å². The maximum absolute atomic E-state index is 13.4. The van der Waals surface area contributed by atoms with Gasteiger partial charge in [0.2, 0.25) is 11.7 Å². The van der Waals surface area contributed by atoms with Gasteiger partial charge in [-0.1, -0.05) is 35.0 Å². The monoisotopic (exact) mass is 460 g/mol. The zero-order valence-electron chi connectivity index (χ0n) is 18.0. The lowest BCUT2D eigenvalue weighted by molar-refractivity contribution is 0.340. The molecule has 3 aromatic heterocycles. The average molecular weight is 461 g/mol. The molecule has 8 nitrogen and oxygen atoms in total. The molecular weight excluding hydrogens is 440 g/mol. The van der Waals surface area contributed by atoms with Gasteiger partial charge in [-0.3, -0.25) is 9.36 Å². The minimum atomic E-state index is -0.481. The maximum Gasteiger partial charge on any atom is 0.336 e. The van der Waals surface area contributed by atoms with Gasteiger partial charge in [0.05, 0.1) is 17.8 Å². The number of aryl methyl sites for hydroxylation is 1. The topological polar surface area (TPSA) is 92.2 Å². The van der Waals surface area contributed by atoms with Crippen molar-refractivity contribution in [3.8, 4) is 22.8 Å². The summed E-state index contributed by atoms with van der Waals surface area (Å²) in [4.78, 5) is 31.0. The number of aromatic nitrogens is 4. The van der Waals surface area contributed by atoms with Gasteiger partial charge in [-0.15, -0.1) is 11.3 Å². The molecular formula is C24H20N4O4S. The second-order valence-corrected chi connectivity index (χ2v) is 8.37. The summed E-state index contributed by atoms with van der Waals surface area (Å²) in [5, 5.41) is 5.84. The zero-order chi connectivity index (χ0) is 22.9. The molecule has 0 saturated carbocycles. The van der Waals surface area contributed by atoms with Crippen molar-refractivity contribution >= 4 is 21.6 Å². The third-order valence-electron chi connectivity index (χ3n) is 5.23. The number of rotatable bonds is 6. The van der Waals surface area contributed by atoms with Gasteiger partial charge in [-0.25, -0.2) is 9.36 Å². The first-order valence-corrected chi connectivity index (χ1v) is 11.3.